The maximum Gasteiger partial charge on any atom is 0.295 e. The highest BCUT2D eigenvalue weighted by Gasteiger charge is 2.43. The minimum Gasteiger partial charge on any atom is -0.489 e. The minimum atomic E-state index is -0.739. The lowest BCUT2D eigenvalue weighted by molar-refractivity contribution is 0.0971. The maximum atomic E-state index is 14.0. The highest BCUT2D eigenvalue weighted by Crippen LogP contribution is 2.41. The zero-order valence-corrected chi connectivity index (χ0v) is 20.0. The number of anilines is 1. The summed E-state index contributed by atoms with van der Waals surface area (Å²) >= 11 is 0. The van der Waals surface area contributed by atoms with Gasteiger partial charge in [0.1, 0.15) is 23.8 Å². The van der Waals surface area contributed by atoms with Gasteiger partial charge in [0.25, 0.3) is 5.91 Å². The minimum absolute atomic E-state index is 0.0278. The van der Waals surface area contributed by atoms with Gasteiger partial charge in [-0.15, -0.1) is 0 Å². The van der Waals surface area contributed by atoms with Crippen molar-refractivity contribution in [2.24, 2.45) is 0 Å². The van der Waals surface area contributed by atoms with Crippen molar-refractivity contribution in [3.63, 3.8) is 0 Å². The predicted molar refractivity (Wildman–Crippen MR) is 139 cm³/mol. The molecule has 37 heavy (non-hydrogen) atoms. The van der Waals surface area contributed by atoms with Crippen molar-refractivity contribution in [2.75, 3.05) is 4.90 Å². The summed E-state index contributed by atoms with van der Waals surface area (Å²) in [5.41, 5.74) is 3.31. The Morgan fingerprint density at radius 3 is 2.43 bits per heavy atom. The van der Waals surface area contributed by atoms with Crippen LogP contribution < -0.4 is 15.1 Å². The van der Waals surface area contributed by atoms with Crippen LogP contribution >= 0.6 is 0 Å². The first kappa shape index (κ1) is 22.7. The summed E-state index contributed by atoms with van der Waals surface area (Å²) in [6.07, 6.45) is 0. The van der Waals surface area contributed by atoms with Crippen molar-refractivity contribution in [1.29, 1.82) is 0 Å². The number of hydrogen-bond donors (Lipinski definition) is 0. The van der Waals surface area contributed by atoms with Crippen molar-refractivity contribution >= 4 is 22.6 Å². The topological polar surface area (TPSA) is 59.8 Å². The van der Waals surface area contributed by atoms with Gasteiger partial charge in [0, 0.05) is 5.69 Å². The first-order valence-corrected chi connectivity index (χ1v) is 11.9. The van der Waals surface area contributed by atoms with E-state index in [0.29, 0.717) is 23.6 Å². The van der Waals surface area contributed by atoms with Gasteiger partial charge in [-0.2, -0.15) is 0 Å². The number of rotatable bonds is 5. The molecule has 4 aromatic carbocycles. The second kappa shape index (κ2) is 9.06. The molecule has 1 unspecified atom stereocenters. The highest BCUT2D eigenvalue weighted by atomic mass is 19.1. The summed E-state index contributed by atoms with van der Waals surface area (Å²) in [4.78, 5) is 28.9. The first-order chi connectivity index (χ1) is 18.0. The van der Waals surface area contributed by atoms with Crippen LogP contribution in [0.5, 0.6) is 5.75 Å². The Morgan fingerprint density at radius 1 is 0.892 bits per heavy atom. The van der Waals surface area contributed by atoms with E-state index in [0.717, 1.165) is 17.2 Å². The molecule has 6 rings (SSSR count). The number of ether oxygens (including phenoxy) is 1. The maximum absolute atomic E-state index is 14.0. The SMILES string of the molecule is Cc1cccc(N2C(=O)c3oc4ccc(F)cc4c(=O)c3C2c2ccc(OCc3ccccc3)cc2)c1. The van der Waals surface area contributed by atoms with Crippen LogP contribution in [0.25, 0.3) is 11.0 Å². The third-order valence-corrected chi connectivity index (χ3v) is 6.56. The van der Waals surface area contributed by atoms with Crippen LogP contribution in [0.15, 0.2) is 106 Å². The van der Waals surface area contributed by atoms with Crippen LogP contribution in [0.1, 0.15) is 38.9 Å². The van der Waals surface area contributed by atoms with Gasteiger partial charge in [0.2, 0.25) is 5.76 Å². The fraction of sp³-hybridized carbons (Fsp3) is 0.0968. The number of carbonyl (C=O) groups excluding carboxylic acids is 1. The summed E-state index contributed by atoms with van der Waals surface area (Å²) in [7, 11) is 0. The molecule has 2 heterocycles. The van der Waals surface area contributed by atoms with Crippen LogP contribution in [0.2, 0.25) is 0 Å². The molecule has 1 atom stereocenters. The molecule has 1 aliphatic rings. The van der Waals surface area contributed by atoms with E-state index in [1.807, 2.05) is 85.8 Å². The largest absolute Gasteiger partial charge is 0.489 e. The van der Waals surface area contributed by atoms with Crippen molar-refractivity contribution in [3.8, 4) is 5.75 Å². The number of aryl methyl sites for hydroxylation is 1. The molecule has 0 aliphatic carbocycles. The summed E-state index contributed by atoms with van der Waals surface area (Å²) in [5, 5.41) is 0.102. The summed E-state index contributed by atoms with van der Waals surface area (Å²) < 4.78 is 25.9. The van der Waals surface area contributed by atoms with Crippen LogP contribution in [0.3, 0.4) is 0 Å². The number of nitrogens with zero attached hydrogens (tertiary/aromatic N) is 1. The second-order valence-corrected chi connectivity index (χ2v) is 9.07. The van der Waals surface area contributed by atoms with Gasteiger partial charge < -0.3 is 9.15 Å². The van der Waals surface area contributed by atoms with E-state index < -0.39 is 23.2 Å². The number of carbonyl (C=O) groups is 1. The van der Waals surface area contributed by atoms with E-state index in [-0.39, 0.29) is 22.3 Å². The fourth-order valence-electron chi connectivity index (χ4n) is 4.79. The monoisotopic (exact) mass is 491 g/mol. The Bertz CT molecular complexity index is 1690. The van der Waals surface area contributed by atoms with Crippen molar-refractivity contribution in [1.82, 2.24) is 0 Å². The Morgan fingerprint density at radius 2 is 1.68 bits per heavy atom. The fourth-order valence-corrected chi connectivity index (χ4v) is 4.79. The summed E-state index contributed by atoms with van der Waals surface area (Å²) in [6, 6.07) is 27.7. The molecule has 0 saturated heterocycles. The molecule has 0 radical (unpaired) electrons. The molecule has 0 saturated carbocycles. The van der Waals surface area contributed by atoms with Gasteiger partial charge in [-0.05, 0) is 66.1 Å². The van der Waals surface area contributed by atoms with E-state index >= 15 is 0 Å². The number of fused-ring (bicyclic) bond motifs is 2. The van der Waals surface area contributed by atoms with Crippen LogP contribution in [-0.4, -0.2) is 5.91 Å². The van der Waals surface area contributed by atoms with E-state index in [2.05, 4.69) is 0 Å². The standard InChI is InChI=1S/C31H22FNO4/c1-19-6-5-9-23(16-19)33-28(21-10-13-24(14-11-21)36-18-20-7-3-2-4-8-20)27-29(34)25-17-22(32)12-15-26(25)37-30(27)31(33)35/h2-17,28H,18H2,1H3. The van der Waals surface area contributed by atoms with Gasteiger partial charge in [-0.3, -0.25) is 14.5 Å². The molecule has 5 nitrogen and oxygen atoms in total. The molecule has 1 aromatic heterocycles. The predicted octanol–water partition coefficient (Wildman–Crippen LogP) is 6.57. The average Bonchev–Trinajstić information content (AvgIpc) is 3.21. The molecule has 5 aromatic rings. The van der Waals surface area contributed by atoms with E-state index in [1.54, 1.807) is 4.90 Å². The molecular formula is C31H22FNO4. The lowest BCUT2D eigenvalue weighted by Gasteiger charge is -2.25. The lowest BCUT2D eigenvalue weighted by Crippen LogP contribution is -2.29. The van der Waals surface area contributed by atoms with E-state index in [1.165, 1.54) is 12.1 Å². The molecule has 182 valence electrons. The zero-order valence-electron chi connectivity index (χ0n) is 20.0. The number of amides is 1. The Balaban J connectivity index is 1.45. The van der Waals surface area contributed by atoms with Gasteiger partial charge in [-0.25, -0.2) is 4.39 Å². The third-order valence-electron chi connectivity index (χ3n) is 6.56. The number of hydrogen-bond acceptors (Lipinski definition) is 4. The molecule has 1 amide bonds. The Kier molecular flexibility index (Phi) is 5.57. The average molecular weight is 492 g/mol. The molecule has 1 aliphatic heterocycles. The van der Waals surface area contributed by atoms with E-state index in [9.17, 15) is 14.0 Å². The lowest BCUT2D eigenvalue weighted by atomic mass is 9.98. The number of halogens is 1. The van der Waals surface area contributed by atoms with Crippen molar-refractivity contribution in [2.45, 2.75) is 19.6 Å². The quantitative estimate of drug-likeness (QED) is 0.279. The molecule has 0 fully saturated rings. The van der Waals surface area contributed by atoms with Gasteiger partial charge in [-0.1, -0.05) is 54.6 Å². The second-order valence-electron chi connectivity index (χ2n) is 9.07. The van der Waals surface area contributed by atoms with Crippen molar-refractivity contribution in [3.05, 3.63) is 141 Å². The molecule has 0 N–H and O–H groups in total. The molecular weight excluding hydrogens is 469 g/mol. The summed E-state index contributed by atoms with van der Waals surface area (Å²) in [6.45, 7) is 2.35. The first-order valence-electron chi connectivity index (χ1n) is 11.9. The Hall–Kier alpha value is -4.71. The highest BCUT2D eigenvalue weighted by molar-refractivity contribution is 6.10. The number of benzene rings is 4. The molecule has 0 bridgehead atoms. The van der Waals surface area contributed by atoms with Crippen LogP contribution in [0, 0.1) is 12.7 Å². The Labute approximate surface area is 212 Å². The van der Waals surface area contributed by atoms with Gasteiger partial charge >= 0.3 is 0 Å². The van der Waals surface area contributed by atoms with Gasteiger partial charge in [0.15, 0.2) is 5.43 Å². The molecule has 6 heteroatoms. The zero-order chi connectivity index (χ0) is 25.5. The van der Waals surface area contributed by atoms with E-state index in [4.69, 9.17) is 9.15 Å². The normalized spacial score (nSPS) is 14.7. The smallest absolute Gasteiger partial charge is 0.295 e. The third kappa shape index (κ3) is 4.06. The van der Waals surface area contributed by atoms with Crippen LogP contribution in [-0.2, 0) is 6.61 Å². The van der Waals surface area contributed by atoms with Crippen molar-refractivity contribution < 1.29 is 18.3 Å². The van der Waals surface area contributed by atoms with Gasteiger partial charge in [0.05, 0.1) is 17.0 Å². The van der Waals surface area contributed by atoms with Crippen LogP contribution in [0.4, 0.5) is 10.1 Å². The molecule has 0 spiro atoms. The summed E-state index contributed by atoms with van der Waals surface area (Å²) in [5.74, 6) is -0.332.